The van der Waals surface area contributed by atoms with Crippen LogP contribution >= 0.6 is 23.4 Å². The summed E-state index contributed by atoms with van der Waals surface area (Å²) < 4.78 is 0. The van der Waals surface area contributed by atoms with Gasteiger partial charge >= 0.3 is 0 Å². The van der Waals surface area contributed by atoms with Crippen molar-refractivity contribution < 1.29 is 0 Å². The Morgan fingerprint density at radius 3 is 2.62 bits per heavy atom. The van der Waals surface area contributed by atoms with E-state index in [-0.39, 0.29) is 0 Å². The van der Waals surface area contributed by atoms with E-state index in [4.69, 9.17) is 11.6 Å². The largest absolute Gasteiger partial charge is 0.308 e. The Kier molecular flexibility index (Phi) is 6.25. The van der Waals surface area contributed by atoms with Crippen LogP contribution in [0, 0.1) is 0 Å². The monoisotopic (exact) mass is 257 g/mol. The Hall–Kier alpha value is -0.180. The van der Waals surface area contributed by atoms with Crippen molar-refractivity contribution in [1.82, 2.24) is 5.32 Å². The molecule has 2 atom stereocenters. The summed E-state index contributed by atoms with van der Waals surface area (Å²) in [5.41, 5.74) is 1.18. The molecule has 0 aliphatic carbocycles. The predicted molar refractivity (Wildman–Crippen MR) is 75.5 cm³/mol. The molecule has 3 heteroatoms. The molecule has 0 aliphatic rings. The minimum Gasteiger partial charge on any atom is -0.308 e. The quantitative estimate of drug-likeness (QED) is 0.822. The number of nitrogens with one attached hydrogen (secondary N) is 1. The standard InChI is InChI=1S/C13H20ClNS/c1-10(8-9-16-3)15-11(2)12-6-4-5-7-13(12)14/h4-7,10-11,15H,8-9H2,1-3H3. The van der Waals surface area contributed by atoms with Crippen molar-refractivity contribution in [2.75, 3.05) is 12.0 Å². The molecule has 0 aliphatic heterocycles. The smallest absolute Gasteiger partial charge is 0.0453 e. The Morgan fingerprint density at radius 1 is 1.31 bits per heavy atom. The zero-order valence-electron chi connectivity index (χ0n) is 10.2. The number of halogens is 1. The molecule has 0 saturated carbocycles. The van der Waals surface area contributed by atoms with Crippen molar-refractivity contribution in [3.05, 3.63) is 34.9 Å². The second-order valence-electron chi connectivity index (χ2n) is 4.09. The number of rotatable bonds is 6. The molecule has 1 nitrogen and oxygen atoms in total. The first-order chi connectivity index (χ1) is 7.65. The second kappa shape index (κ2) is 7.21. The second-order valence-corrected chi connectivity index (χ2v) is 5.49. The van der Waals surface area contributed by atoms with Crippen LogP contribution in [-0.2, 0) is 0 Å². The van der Waals surface area contributed by atoms with Gasteiger partial charge in [0.25, 0.3) is 0 Å². The topological polar surface area (TPSA) is 12.0 Å². The summed E-state index contributed by atoms with van der Waals surface area (Å²) in [5.74, 6) is 1.20. The van der Waals surface area contributed by atoms with Crippen LogP contribution in [0.25, 0.3) is 0 Å². The molecule has 1 aromatic rings. The van der Waals surface area contributed by atoms with Crippen molar-refractivity contribution in [1.29, 1.82) is 0 Å². The van der Waals surface area contributed by atoms with Crippen LogP contribution in [0.15, 0.2) is 24.3 Å². The van der Waals surface area contributed by atoms with Gasteiger partial charge in [-0.05, 0) is 43.9 Å². The highest BCUT2D eigenvalue weighted by molar-refractivity contribution is 7.98. The minimum atomic E-state index is 0.311. The zero-order valence-corrected chi connectivity index (χ0v) is 11.7. The maximum absolute atomic E-state index is 6.16. The lowest BCUT2D eigenvalue weighted by atomic mass is 10.1. The van der Waals surface area contributed by atoms with Gasteiger partial charge in [0.2, 0.25) is 0 Å². The molecule has 0 heterocycles. The molecule has 1 aromatic carbocycles. The highest BCUT2D eigenvalue weighted by Crippen LogP contribution is 2.22. The van der Waals surface area contributed by atoms with Crippen LogP contribution in [0.3, 0.4) is 0 Å². The number of benzene rings is 1. The van der Waals surface area contributed by atoms with Crippen molar-refractivity contribution in [2.24, 2.45) is 0 Å². The molecule has 0 saturated heterocycles. The Morgan fingerprint density at radius 2 is 2.00 bits per heavy atom. The van der Waals surface area contributed by atoms with Gasteiger partial charge in [0.15, 0.2) is 0 Å². The normalized spacial score (nSPS) is 14.8. The van der Waals surface area contributed by atoms with E-state index in [0.717, 1.165) is 5.02 Å². The molecule has 0 aromatic heterocycles. The summed E-state index contributed by atoms with van der Waals surface area (Å²) in [6.07, 6.45) is 3.33. The van der Waals surface area contributed by atoms with Gasteiger partial charge < -0.3 is 5.32 Å². The predicted octanol–water partition coefficient (Wildman–Crippen LogP) is 4.13. The lowest BCUT2D eigenvalue weighted by Gasteiger charge is -2.21. The third-order valence-corrected chi connectivity index (χ3v) is 3.65. The molecule has 0 spiro atoms. The number of hydrogen-bond donors (Lipinski definition) is 1. The fraction of sp³-hybridized carbons (Fsp3) is 0.538. The third kappa shape index (κ3) is 4.36. The van der Waals surface area contributed by atoms with E-state index in [1.807, 2.05) is 30.0 Å². The van der Waals surface area contributed by atoms with Gasteiger partial charge in [-0.1, -0.05) is 29.8 Å². The Balaban J connectivity index is 2.52. The van der Waals surface area contributed by atoms with Crippen molar-refractivity contribution >= 4 is 23.4 Å². The molecule has 0 bridgehead atoms. The molecular formula is C13H20ClNS. The molecule has 16 heavy (non-hydrogen) atoms. The van der Waals surface area contributed by atoms with Gasteiger partial charge in [0.05, 0.1) is 0 Å². The summed E-state index contributed by atoms with van der Waals surface area (Å²) in [5, 5.41) is 4.42. The maximum atomic E-state index is 6.16. The van der Waals surface area contributed by atoms with E-state index in [1.165, 1.54) is 17.7 Å². The fourth-order valence-electron chi connectivity index (χ4n) is 1.72. The van der Waals surface area contributed by atoms with Crippen LogP contribution in [0.4, 0.5) is 0 Å². The third-order valence-electron chi connectivity index (χ3n) is 2.66. The summed E-state index contributed by atoms with van der Waals surface area (Å²) in [4.78, 5) is 0. The van der Waals surface area contributed by atoms with Crippen LogP contribution < -0.4 is 5.32 Å². The van der Waals surface area contributed by atoms with Gasteiger partial charge in [-0.3, -0.25) is 0 Å². The molecule has 1 rings (SSSR count). The maximum Gasteiger partial charge on any atom is 0.0453 e. The molecule has 1 N–H and O–H groups in total. The summed E-state index contributed by atoms with van der Waals surface area (Å²) in [6, 6.07) is 8.87. The molecular weight excluding hydrogens is 238 g/mol. The van der Waals surface area contributed by atoms with E-state index < -0.39 is 0 Å². The van der Waals surface area contributed by atoms with E-state index in [2.05, 4.69) is 31.5 Å². The molecule has 0 fully saturated rings. The average Bonchev–Trinajstić information content (AvgIpc) is 2.26. The summed E-state index contributed by atoms with van der Waals surface area (Å²) in [6.45, 7) is 4.39. The summed E-state index contributed by atoms with van der Waals surface area (Å²) in [7, 11) is 0. The molecule has 2 unspecified atom stereocenters. The first kappa shape index (κ1) is 13.9. The van der Waals surface area contributed by atoms with Crippen LogP contribution in [0.5, 0.6) is 0 Å². The van der Waals surface area contributed by atoms with Gasteiger partial charge in [-0.2, -0.15) is 11.8 Å². The molecule has 0 amide bonds. The summed E-state index contributed by atoms with van der Waals surface area (Å²) >= 11 is 8.05. The number of thioether (sulfide) groups is 1. The zero-order chi connectivity index (χ0) is 12.0. The van der Waals surface area contributed by atoms with Crippen molar-refractivity contribution in [3.63, 3.8) is 0 Å². The SMILES string of the molecule is CSCCC(C)NC(C)c1ccccc1Cl. The van der Waals surface area contributed by atoms with Gasteiger partial charge in [0.1, 0.15) is 0 Å². The van der Waals surface area contributed by atoms with E-state index in [9.17, 15) is 0 Å². The molecule has 0 radical (unpaired) electrons. The highest BCUT2D eigenvalue weighted by Gasteiger charge is 2.11. The van der Waals surface area contributed by atoms with Crippen molar-refractivity contribution in [3.8, 4) is 0 Å². The van der Waals surface area contributed by atoms with Gasteiger partial charge in [-0.25, -0.2) is 0 Å². The van der Waals surface area contributed by atoms with Crippen LogP contribution in [-0.4, -0.2) is 18.1 Å². The Labute approximate surface area is 108 Å². The lowest BCUT2D eigenvalue weighted by molar-refractivity contribution is 0.472. The van der Waals surface area contributed by atoms with E-state index in [0.29, 0.717) is 12.1 Å². The van der Waals surface area contributed by atoms with Crippen molar-refractivity contribution in [2.45, 2.75) is 32.4 Å². The van der Waals surface area contributed by atoms with E-state index >= 15 is 0 Å². The highest BCUT2D eigenvalue weighted by atomic mass is 35.5. The van der Waals surface area contributed by atoms with E-state index in [1.54, 1.807) is 0 Å². The fourth-order valence-corrected chi connectivity index (χ4v) is 2.61. The number of hydrogen-bond acceptors (Lipinski definition) is 2. The van der Waals surface area contributed by atoms with Gasteiger partial charge in [0, 0.05) is 17.1 Å². The Bertz CT molecular complexity index is 317. The first-order valence-corrected chi connectivity index (χ1v) is 7.41. The lowest BCUT2D eigenvalue weighted by Crippen LogP contribution is -2.29. The minimum absolute atomic E-state index is 0.311. The molecule has 90 valence electrons. The van der Waals surface area contributed by atoms with Crippen LogP contribution in [0.2, 0.25) is 5.02 Å². The van der Waals surface area contributed by atoms with Gasteiger partial charge in [-0.15, -0.1) is 0 Å². The van der Waals surface area contributed by atoms with Crippen LogP contribution in [0.1, 0.15) is 31.9 Å². The average molecular weight is 258 g/mol. The first-order valence-electron chi connectivity index (χ1n) is 5.64.